The second-order valence-corrected chi connectivity index (χ2v) is 9.30. The molecule has 1 aromatic heterocycles. The van der Waals surface area contributed by atoms with E-state index in [2.05, 4.69) is 5.32 Å². The second-order valence-electron chi connectivity index (χ2n) is 7.36. The van der Waals surface area contributed by atoms with Crippen LogP contribution in [0.3, 0.4) is 0 Å². The van der Waals surface area contributed by atoms with E-state index in [1.807, 2.05) is 26.8 Å². The van der Waals surface area contributed by atoms with E-state index in [0.717, 1.165) is 24.7 Å². The van der Waals surface area contributed by atoms with Crippen LogP contribution < -0.4 is 5.32 Å². The lowest BCUT2D eigenvalue weighted by atomic mass is 10.0. The van der Waals surface area contributed by atoms with Crippen molar-refractivity contribution in [3.63, 3.8) is 0 Å². The Labute approximate surface area is 164 Å². The van der Waals surface area contributed by atoms with E-state index in [9.17, 15) is 18.5 Å². The van der Waals surface area contributed by atoms with Crippen molar-refractivity contribution in [3.05, 3.63) is 52.0 Å². The van der Waals surface area contributed by atoms with Gasteiger partial charge < -0.3 is 9.73 Å². The quantitative estimate of drug-likeness (QED) is 0.571. The monoisotopic (exact) mass is 407 g/mol. The van der Waals surface area contributed by atoms with Gasteiger partial charge >= 0.3 is 0 Å². The Balaban J connectivity index is 1.89. The maximum Gasteiger partial charge on any atom is 0.293 e. The number of nitro benzene ring substituents is 1. The van der Waals surface area contributed by atoms with Crippen molar-refractivity contribution in [1.29, 1.82) is 0 Å². The lowest BCUT2D eigenvalue weighted by molar-refractivity contribution is -0.384. The Kier molecular flexibility index (Phi) is 5.76. The molecule has 0 aliphatic carbocycles. The number of rotatable bonds is 6. The fourth-order valence-corrected chi connectivity index (χ4v) is 5.07. The molecular weight excluding hydrogens is 382 g/mol. The first-order valence-electron chi connectivity index (χ1n) is 9.30. The number of hydrogen-bond acceptors (Lipinski definition) is 6. The number of hydrogen-bond donors (Lipinski definition) is 1. The molecule has 3 rings (SSSR count). The molecular formula is C19H25N3O5S. The third kappa shape index (κ3) is 4.20. The fraction of sp³-hybridized carbons (Fsp3) is 0.474. The molecule has 8 nitrogen and oxygen atoms in total. The minimum Gasteiger partial charge on any atom is -0.464 e. The second kappa shape index (κ2) is 7.92. The Morgan fingerprint density at radius 3 is 2.68 bits per heavy atom. The first kappa shape index (κ1) is 20.3. The fourth-order valence-electron chi connectivity index (χ4n) is 3.45. The van der Waals surface area contributed by atoms with Gasteiger partial charge in [-0.25, -0.2) is 8.42 Å². The number of anilines is 1. The van der Waals surface area contributed by atoms with Crippen LogP contribution in [0.2, 0.25) is 0 Å². The van der Waals surface area contributed by atoms with Crippen molar-refractivity contribution >= 4 is 21.4 Å². The van der Waals surface area contributed by atoms with Gasteiger partial charge in [-0.05, 0) is 56.9 Å². The zero-order valence-electron chi connectivity index (χ0n) is 16.2. The van der Waals surface area contributed by atoms with Crippen LogP contribution in [-0.4, -0.2) is 30.7 Å². The molecule has 1 fully saturated rings. The van der Waals surface area contributed by atoms with Crippen molar-refractivity contribution in [3.8, 4) is 0 Å². The molecule has 0 radical (unpaired) electrons. The molecule has 2 heterocycles. The topological polar surface area (TPSA) is 106 Å². The van der Waals surface area contributed by atoms with Gasteiger partial charge in [0, 0.05) is 19.2 Å². The smallest absolute Gasteiger partial charge is 0.293 e. The molecule has 28 heavy (non-hydrogen) atoms. The SMILES string of the molecule is Cc1ccc(C(C)Nc2ccc(S(=O)(=O)N3CCCC(C)C3)cc2[N+](=O)[O-])o1. The highest BCUT2D eigenvalue weighted by atomic mass is 32.2. The average Bonchev–Trinajstić information content (AvgIpc) is 3.08. The summed E-state index contributed by atoms with van der Waals surface area (Å²) >= 11 is 0. The molecule has 0 saturated carbocycles. The summed E-state index contributed by atoms with van der Waals surface area (Å²) < 4.78 is 32.8. The van der Waals surface area contributed by atoms with Gasteiger partial charge in [-0.3, -0.25) is 10.1 Å². The zero-order chi connectivity index (χ0) is 20.5. The minimum atomic E-state index is -3.76. The summed E-state index contributed by atoms with van der Waals surface area (Å²) in [4.78, 5) is 11.0. The maximum atomic E-state index is 12.9. The van der Waals surface area contributed by atoms with Gasteiger partial charge in [-0.15, -0.1) is 0 Å². The first-order chi connectivity index (χ1) is 13.2. The van der Waals surface area contributed by atoms with Crippen LogP contribution in [0, 0.1) is 23.0 Å². The summed E-state index contributed by atoms with van der Waals surface area (Å²) in [7, 11) is -3.76. The standard InChI is InChI=1S/C19H25N3O5S/c1-13-5-4-10-21(12-13)28(25,26)16-7-8-17(18(11-16)22(23)24)20-15(3)19-9-6-14(2)27-19/h6-9,11,13,15,20H,4-5,10,12H2,1-3H3. The predicted octanol–water partition coefficient (Wildman–Crippen LogP) is 4.09. The van der Waals surface area contributed by atoms with E-state index >= 15 is 0 Å². The molecule has 1 N–H and O–H groups in total. The number of nitrogens with one attached hydrogen (secondary N) is 1. The van der Waals surface area contributed by atoms with E-state index in [-0.39, 0.29) is 28.2 Å². The molecule has 0 bridgehead atoms. The lowest BCUT2D eigenvalue weighted by Crippen LogP contribution is -2.39. The third-order valence-electron chi connectivity index (χ3n) is 4.98. The van der Waals surface area contributed by atoms with Crippen molar-refractivity contribution in [2.75, 3.05) is 18.4 Å². The van der Waals surface area contributed by atoms with Crippen molar-refractivity contribution in [1.82, 2.24) is 4.31 Å². The van der Waals surface area contributed by atoms with E-state index < -0.39 is 14.9 Å². The van der Waals surface area contributed by atoms with Crippen LogP contribution in [0.4, 0.5) is 11.4 Å². The zero-order valence-corrected chi connectivity index (χ0v) is 17.0. The molecule has 1 aliphatic heterocycles. The van der Waals surface area contributed by atoms with Gasteiger partial charge in [0.25, 0.3) is 5.69 Å². The average molecular weight is 407 g/mol. The molecule has 2 unspecified atom stereocenters. The Hall–Kier alpha value is -2.39. The summed E-state index contributed by atoms with van der Waals surface area (Å²) in [5.41, 5.74) is -0.0289. The maximum absolute atomic E-state index is 12.9. The van der Waals surface area contributed by atoms with Gasteiger partial charge in [-0.1, -0.05) is 6.92 Å². The van der Waals surface area contributed by atoms with Gasteiger partial charge in [0.1, 0.15) is 17.2 Å². The number of furan rings is 1. The van der Waals surface area contributed by atoms with E-state index in [1.54, 1.807) is 6.07 Å². The number of nitrogens with zero attached hydrogens (tertiary/aromatic N) is 2. The molecule has 1 aliphatic rings. The lowest BCUT2D eigenvalue weighted by Gasteiger charge is -2.30. The van der Waals surface area contributed by atoms with E-state index in [1.165, 1.54) is 16.4 Å². The van der Waals surface area contributed by atoms with Crippen molar-refractivity contribution in [2.24, 2.45) is 5.92 Å². The highest BCUT2D eigenvalue weighted by Crippen LogP contribution is 2.33. The van der Waals surface area contributed by atoms with Gasteiger partial charge in [0.05, 0.1) is 15.9 Å². The summed E-state index contributed by atoms with van der Waals surface area (Å²) in [6.45, 7) is 6.52. The largest absolute Gasteiger partial charge is 0.464 e. The molecule has 2 atom stereocenters. The Morgan fingerprint density at radius 1 is 1.32 bits per heavy atom. The Morgan fingerprint density at radius 2 is 2.07 bits per heavy atom. The Bertz CT molecular complexity index is 970. The molecule has 0 amide bonds. The minimum absolute atomic E-state index is 0.0552. The summed E-state index contributed by atoms with van der Waals surface area (Å²) in [6.07, 6.45) is 1.78. The molecule has 1 aromatic carbocycles. The molecule has 2 aromatic rings. The number of sulfonamides is 1. The normalized spacial score (nSPS) is 19.3. The van der Waals surface area contributed by atoms with Crippen LogP contribution in [0.25, 0.3) is 0 Å². The first-order valence-corrected chi connectivity index (χ1v) is 10.7. The van der Waals surface area contributed by atoms with Crippen molar-refractivity contribution < 1.29 is 17.8 Å². The van der Waals surface area contributed by atoms with Crippen LogP contribution in [-0.2, 0) is 10.0 Å². The van der Waals surface area contributed by atoms with Gasteiger partial charge in [0.2, 0.25) is 10.0 Å². The van der Waals surface area contributed by atoms with Gasteiger partial charge in [0.15, 0.2) is 0 Å². The number of benzene rings is 1. The summed E-state index contributed by atoms with van der Waals surface area (Å²) in [5.74, 6) is 1.67. The highest BCUT2D eigenvalue weighted by Gasteiger charge is 2.30. The van der Waals surface area contributed by atoms with Crippen LogP contribution in [0.5, 0.6) is 0 Å². The van der Waals surface area contributed by atoms with Crippen molar-refractivity contribution in [2.45, 2.75) is 44.6 Å². The summed E-state index contributed by atoms with van der Waals surface area (Å²) in [5, 5.41) is 14.6. The predicted molar refractivity (Wildman–Crippen MR) is 106 cm³/mol. The van der Waals surface area contributed by atoms with Gasteiger partial charge in [-0.2, -0.15) is 4.31 Å². The number of piperidine rings is 1. The number of nitro groups is 1. The van der Waals surface area contributed by atoms with E-state index in [0.29, 0.717) is 18.8 Å². The van der Waals surface area contributed by atoms with E-state index in [4.69, 9.17) is 4.42 Å². The van der Waals surface area contributed by atoms with Crippen LogP contribution in [0.15, 0.2) is 39.6 Å². The summed E-state index contributed by atoms with van der Waals surface area (Å²) in [6, 6.07) is 7.32. The van der Waals surface area contributed by atoms with Crippen LogP contribution in [0.1, 0.15) is 44.3 Å². The number of aryl methyl sites for hydroxylation is 1. The van der Waals surface area contributed by atoms with Crippen LogP contribution >= 0.6 is 0 Å². The third-order valence-corrected chi connectivity index (χ3v) is 6.84. The molecule has 9 heteroatoms. The molecule has 152 valence electrons. The molecule has 1 saturated heterocycles. The molecule has 0 spiro atoms. The highest BCUT2D eigenvalue weighted by molar-refractivity contribution is 7.89.